The molecule has 2 rings (SSSR count). The van der Waals surface area contributed by atoms with Crippen LogP contribution in [0.3, 0.4) is 0 Å². The van der Waals surface area contributed by atoms with Gasteiger partial charge in [-0.3, -0.25) is 9.59 Å². The van der Waals surface area contributed by atoms with Crippen LogP contribution in [0.1, 0.15) is 11.1 Å². The largest absolute Gasteiger partial charge is 0.272 e. The Morgan fingerprint density at radius 2 is 1.15 bits per heavy atom. The van der Waals surface area contributed by atoms with E-state index in [4.69, 9.17) is 0 Å². The molecule has 0 heterocycles. The zero-order chi connectivity index (χ0) is 19.5. The van der Waals surface area contributed by atoms with E-state index in [1.165, 1.54) is 61.0 Å². The summed E-state index contributed by atoms with van der Waals surface area (Å²) in [4.78, 5) is 23.2. The van der Waals surface area contributed by atoms with Gasteiger partial charge in [0.1, 0.15) is 11.6 Å². The van der Waals surface area contributed by atoms with Crippen LogP contribution in [0.15, 0.2) is 58.7 Å². The van der Waals surface area contributed by atoms with Crippen LogP contribution in [0.25, 0.3) is 0 Å². The van der Waals surface area contributed by atoms with Crippen LogP contribution < -0.4 is 10.9 Å². The monoisotopic (exact) mass is 390 g/mol. The summed E-state index contributed by atoms with van der Waals surface area (Å²) >= 11 is 1.09. The molecule has 0 spiro atoms. The summed E-state index contributed by atoms with van der Waals surface area (Å²) in [6, 6.07) is 11.2. The summed E-state index contributed by atoms with van der Waals surface area (Å²) in [5.74, 6) is -1.38. The van der Waals surface area contributed by atoms with Crippen LogP contribution in [-0.2, 0) is 9.59 Å². The first-order valence-corrected chi connectivity index (χ1v) is 8.91. The SMILES string of the molecule is O=C(CSCC(=O)N/N=C/c1ccc(F)cc1)N/N=C/c1ccc(F)cc1. The molecule has 2 amide bonds. The quantitative estimate of drug-likeness (QED) is 0.536. The van der Waals surface area contributed by atoms with Crippen LogP contribution in [0, 0.1) is 11.6 Å². The van der Waals surface area contributed by atoms with Gasteiger partial charge in [-0.25, -0.2) is 19.6 Å². The highest BCUT2D eigenvalue weighted by molar-refractivity contribution is 8.00. The number of nitrogens with one attached hydrogen (secondary N) is 2. The smallest absolute Gasteiger partial charge is 0.250 e. The van der Waals surface area contributed by atoms with Gasteiger partial charge in [0.05, 0.1) is 23.9 Å². The van der Waals surface area contributed by atoms with E-state index in [1.807, 2.05) is 0 Å². The fourth-order valence-electron chi connectivity index (χ4n) is 1.76. The maximum Gasteiger partial charge on any atom is 0.250 e. The highest BCUT2D eigenvalue weighted by Crippen LogP contribution is 2.01. The van der Waals surface area contributed by atoms with Crippen molar-refractivity contribution in [1.29, 1.82) is 0 Å². The van der Waals surface area contributed by atoms with Gasteiger partial charge >= 0.3 is 0 Å². The average Bonchev–Trinajstić information content (AvgIpc) is 2.65. The molecule has 0 saturated carbocycles. The molecule has 0 aromatic heterocycles. The molecule has 0 fully saturated rings. The minimum absolute atomic E-state index is 0.0376. The molecular formula is C18H16F2N4O2S. The molecule has 0 unspecified atom stereocenters. The van der Waals surface area contributed by atoms with Crippen molar-refractivity contribution < 1.29 is 18.4 Å². The number of nitrogens with zero attached hydrogens (tertiary/aromatic N) is 2. The van der Waals surface area contributed by atoms with Crippen molar-refractivity contribution >= 4 is 36.0 Å². The van der Waals surface area contributed by atoms with Crippen molar-refractivity contribution in [3.63, 3.8) is 0 Å². The molecule has 2 aromatic carbocycles. The molecule has 0 radical (unpaired) electrons. The number of amides is 2. The summed E-state index contributed by atoms with van der Waals surface area (Å²) < 4.78 is 25.5. The predicted molar refractivity (Wildman–Crippen MR) is 102 cm³/mol. The number of carbonyl (C=O) groups is 2. The van der Waals surface area contributed by atoms with E-state index in [2.05, 4.69) is 21.1 Å². The summed E-state index contributed by atoms with van der Waals surface area (Å²) in [6.45, 7) is 0. The summed E-state index contributed by atoms with van der Waals surface area (Å²) in [5, 5.41) is 7.49. The van der Waals surface area contributed by atoms with Gasteiger partial charge in [0, 0.05) is 0 Å². The first-order chi connectivity index (χ1) is 13.0. The van der Waals surface area contributed by atoms with Crippen molar-refractivity contribution in [2.75, 3.05) is 11.5 Å². The van der Waals surface area contributed by atoms with Gasteiger partial charge in [0.15, 0.2) is 0 Å². The molecule has 0 aliphatic heterocycles. The Morgan fingerprint density at radius 3 is 1.52 bits per heavy atom. The maximum atomic E-state index is 12.7. The first kappa shape index (κ1) is 20.2. The second-order valence-electron chi connectivity index (χ2n) is 5.18. The zero-order valence-electron chi connectivity index (χ0n) is 14.1. The van der Waals surface area contributed by atoms with Gasteiger partial charge in [-0.1, -0.05) is 24.3 Å². The number of thioether (sulfide) groups is 1. The Hall–Kier alpha value is -3.07. The van der Waals surface area contributed by atoms with Crippen LogP contribution >= 0.6 is 11.8 Å². The molecule has 9 heteroatoms. The van der Waals surface area contributed by atoms with Crippen LogP contribution in [0.5, 0.6) is 0 Å². The fourth-order valence-corrected chi connectivity index (χ4v) is 2.36. The molecule has 6 nitrogen and oxygen atoms in total. The molecule has 27 heavy (non-hydrogen) atoms. The molecule has 2 N–H and O–H groups in total. The Kier molecular flexibility index (Phi) is 8.11. The van der Waals surface area contributed by atoms with E-state index in [0.29, 0.717) is 11.1 Å². The number of benzene rings is 2. The van der Waals surface area contributed by atoms with E-state index >= 15 is 0 Å². The Labute approximate surface area is 158 Å². The van der Waals surface area contributed by atoms with Gasteiger partial charge in [0.2, 0.25) is 11.8 Å². The highest BCUT2D eigenvalue weighted by Gasteiger charge is 2.04. The third-order valence-corrected chi connectivity index (χ3v) is 3.94. The second kappa shape index (κ2) is 10.8. The molecule has 0 aliphatic rings. The second-order valence-corrected chi connectivity index (χ2v) is 6.17. The van der Waals surface area contributed by atoms with Crippen LogP contribution in [-0.4, -0.2) is 35.7 Å². The topological polar surface area (TPSA) is 82.9 Å². The van der Waals surface area contributed by atoms with E-state index in [0.717, 1.165) is 11.8 Å². The van der Waals surface area contributed by atoms with Gasteiger partial charge in [-0.15, -0.1) is 11.8 Å². The molecular weight excluding hydrogens is 374 g/mol. The summed E-state index contributed by atoms with van der Waals surface area (Å²) in [7, 11) is 0. The van der Waals surface area contributed by atoms with Crippen LogP contribution in [0.4, 0.5) is 8.78 Å². The fraction of sp³-hybridized carbons (Fsp3) is 0.111. The van der Waals surface area contributed by atoms with Gasteiger partial charge < -0.3 is 0 Å². The van der Waals surface area contributed by atoms with E-state index in [-0.39, 0.29) is 35.0 Å². The van der Waals surface area contributed by atoms with Gasteiger partial charge in [0.25, 0.3) is 0 Å². The molecule has 0 bridgehead atoms. The number of rotatable bonds is 8. The standard InChI is InChI=1S/C18H16F2N4O2S/c19-15-5-1-13(2-6-15)9-21-23-17(25)11-27-12-18(26)24-22-10-14-3-7-16(20)8-4-14/h1-10H,11-12H2,(H,23,25)(H,24,26)/b21-9+,22-10+. The lowest BCUT2D eigenvalue weighted by Gasteiger charge is -2.00. The lowest BCUT2D eigenvalue weighted by molar-refractivity contribution is -0.118. The van der Waals surface area contributed by atoms with Crippen molar-refractivity contribution in [3.8, 4) is 0 Å². The number of hydrazone groups is 2. The molecule has 0 atom stereocenters. The summed E-state index contributed by atoms with van der Waals surface area (Å²) in [5.41, 5.74) is 5.91. The molecule has 0 saturated heterocycles. The van der Waals surface area contributed by atoms with E-state index < -0.39 is 0 Å². The minimum Gasteiger partial charge on any atom is -0.272 e. The Balaban J connectivity index is 1.61. The van der Waals surface area contributed by atoms with Crippen molar-refractivity contribution in [2.24, 2.45) is 10.2 Å². The highest BCUT2D eigenvalue weighted by atomic mass is 32.2. The Bertz CT molecular complexity index is 755. The first-order valence-electron chi connectivity index (χ1n) is 7.75. The minimum atomic E-state index is -0.374. The lowest BCUT2D eigenvalue weighted by atomic mass is 10.2. The lowest BCUT2D eigenvalue weighted by Crippen LogP contribution is -2.23. The molecule has 2 aromatic rings. The number of hydrogen-bond acceptors (Lipinski definition) is 5. The maximum absolute atomic E-state index is 12.7. The normalized spacial score (nSPS) is 11.0. The Morgan fingerprint density at radius 1 is 0.778 bits per heavy atom. The number of halogens is 2. The molecule has 140 valence electrons. The average molecular weight is 390 g/mol. The van der Waals surface area contributed by atoms with Gasteiger partial charge in [-0.05, 0) is 35.4 Å². The van der Waals surface area contributed by atoms with Crippen LogP contribution in [0.2, 0.25) is 0 Å². The van der Waals surface area contributed by atoms with E-state index in [1.54, 1.807) is 0 Å². The predicted octanol–water partition coefficient (Wildman–Crippen LogP) is 2.30. The van der Waals surface area contributed by atoms with E-state index in [9.17, 15) is 18.4 Å². The van der Waals surface area contributed by atoms with Crippen molar-refractivity contribution in [3.05, 3.63) is 71.3 Å². The third kappa shape index (κ3) is 8.23. The molecule has 0 aliphatic carbocycles. The van der Waals surface area contributed by atoms with Crippen molar-refractivity contribution in [1.82, 2.24) is 10.9 Å². The van der Waals surface area contributed by atoms with Crippen molar-refractivity contribution in [2.45, 2.75) is 0 Å². The number of carbonyl (C=O) groups excluding carboxylic acids is 2. The van der Waals surface area contributed by atoms with Gasteiger partial charge in [-0.2, -0.15) is 10.2 Å². The number of hydrogen-bond donors (Lipinski definition) is 2. The third-order valence-electron chi connectivity index (χ3n) is 3.01. The zero-order valence-corrected chi connectivity index (χ0v) is 14.9. The summed E-state index contributed by atoms with van der Waals surface area (Å²) in [6.07, 6.45) is 2.78.